The third-order valence-corrected chi connectivity index (χ3v) is 17.3. The van der Waals surface area contributed by atoms with Gasteiger partial charge in [0.05, 0.1) is 74.0 Å². The van der Waals surface area contributed by atoms with Crippen molar-refractivity contribution >= 4 is 52.0 Å². The normalized spacial score (nSPS) is 11.0. The first-order chi connectivity index (χ1) is 60.3. The summed E-state index contributed by atoms with van der Waals surface area (Å²) in [4.78, 5) is 79.1. The number of aromatic nitrogens is 22. The van der Waals surface area contributed by atoms with Gasteiger partial charge in [-0.05, 0) is 146 Å². The highest BCUT2D eigenvalue weighted by Crippen LogP contribution is 2.36. The number of fused-ring (bicyclic) bond motifs is 4. The molecule has 0 unspecified atom stereocenters. The average Bonchev–Trinajstić information content (AvgIpc) is 1.67. The number of pyridine rings is 2. The van der Waals surface area contributed by atoms with Gasteiger partial charge < -0.3 is 76.8 Å². The summed E-state index contributed by atoms with van der Waals surface area (Å²) in [5, 5.41) is 56.0. The Bertz CT molecular complexity index is 6280. The highest BCUT2D eigenvalue weighted by Gasteiger charge is 2.24. The van der Waals surface area contributed by atoms with Crippen LogP contribution in [0.15, 0.2) is 238 Å². The molecule has 0 saturated heterocycles. The number of anilines is 2. The number of nitrogens with zero attached hydrogens (tertiary/aromatic N) is 22. The Kier molecular flexibility index (Phi) is 26.1. The fourth-order valence-electron chi connectivity index (χ4n) is 11.6. The molecular formula is C82H70N24O17. The molecule has 0 spiro atoms. The van der Waals surface area contributed by atoms with Gasteiger partial charge >= 0.3 is 35.5 Å². The molecule has 0 bridgehead atoms. The number of aliphatic hydroxyl groups is 1. The number of aliphatic hydroxyl groups excluding tert-OH is 1. The van der Waals surface area contributed by atoms with Gasteiger partial charge in [-0.15, -0.1) is 0 Å². The minimum absolute atomic E-state index is 0.137. The number of amides is 2. The highest BCUT2D eigenvalue weighted by molar-refractivity contribution is 6.01. The van der Waals surface area contributed by atoms with Crippen molar-refractivity contribution in [3.05, 3.63) is 243 Å². The van der Waals surface area contributed by atoms with Crippen LogP contribution in [0.3, 0.4) is 0 Å². The minimum Gasteiger partial charge on any atom is -0.491 e. The molecule has 0 aliphatic rings. The minimum atomic E-state index is -1.29. The Morgan fingerprint density at radius 1 is 0.341 bits per heavy atom. The monoisotopic (exact) mass is 1660 g/mol. The van der Waals surface area contributed by atoms with Crippen LogP contribution >= 0.6 is 0 Å². The molecular weight excluding hydrogens is 1590 g/mol. The number of carboxylic acid groups (broad SMARTS) is 1. The van der Waals surface area contributed by atoms with Crippen LogP contribution in [0.1, 0.15) is 37.9 Å². The van der Waals surface area contributed by atoms with Gasteiger partial charge in [-0.1, -0.05) is 32.8 Å². The first kappa shape index (κ1) is 81.8. The number of carbonyl (C=O) groups excluding carboxylic acids is 2. The van der Waals surface area contributed by atoms with Crippen molar-refractivity contribution in [3.8, 4) is 114 Å². The van der Waals surface area contributed by atoms with E-state index in [0.29, 0.717) is 150 Å². The molecule has 0 aliphatic carbocycles. The molecule has 14 heterocycles. The van der Waals surface area contributed by atoms with Gasteiger partial charge in [-0.3, -0.25) is 9.59 Å². The first-order valence-electron chi connectivity index (χ1n) is 37.2. The number of hydrogen-bond acceptors (Lipinski definition) is 34. The van der Waals surface area contributed by atoms with Crippen LogP contribution in [0.4, 0.5) is 11.6 Å². The molecule has 0 atom stereocenters. The lowest BCUT2D eigenvalue weighted by Crippen LogP contribution is -2.13. The topological polar surface area (TPSA) is 492 Å². The fourth-order valence-corrected chi connectivity index (χ4v) is 11.6. The van der Waals surface area contributed by atoms with Crippen molar-refractivity contribution in [2.45, 2.75) is 6.61 Å². The molecule has 0 saturated carbocycles. The van der Waals surface area contributed by atoms with E-state index in [2.05, 4.69) is 101 Å². The van der Waals surface area contributed by atoms with Gasteiger partial charge in [-0.2, -0.15) is 40.3 Å². The Balaban J connectivity index is 0.000000128. The second-order valence-electron chi connectivity index (χ2n) is 25.7. The molecule has 14 aromatic heterocycles. The average molecular weight is 1660 g/mol. The van der Waals surface area contributed by atoms with Crippen LogP contribution in [0.25, 0.3) is 113 Å². The molecule has 123 heavy (non-hydrogen) atoms. The van der Waals surface area contributed by atoms with Crippen molar-refractivity contribution in [2.75, 3.05) is 91.9 Å². The molecule has 0 fully saturated rings. The van der Waals surface area contributed by atoms with Crippen LogP contribution in [-0.4, -0.2) is 218 Å². The summed E-state index contributed by atoms with van der Waals surface area (Å²) in [5.74, 6) is 0.880. The lowest BCUT2D eigenvalue weighted by Gasteiger charge is -2.09. The van der Waals surface area contributed by atoms with Gasteiger partial charge in [0.1, 0.15) is 67.7 Å². The second-order valence-corrected chi connectivity index (χ2v) is 25.7. The smallest absolute Gasteiger partial charge is 0.394 e. The summed E-state index contributed by atoms with van der Waals surface area (Å²) < 4.78 is 70.2. The summed E-state index contributed by atoms with van der Waals surface area (Å²) in [6.45, 7) is 2.89. The number of benzene rings is 4. The zero-order valence-corrected chi connectivity index (χ0v) is 65.5. The summed E-state index contributed by atoms with van der Waals surface area (Å²) in [6.07, 6.45) is 17.1. The molecule has 620 valence electrons. The molecule has 41 nitrogen and oxygen atoms in total. The van der Waals surface area contributed by atoms with E-state index in [-0.39, 0.29) is 41.8 Å². The van der Waals surface area contributed by atoms with E-state index in [4.69, 9.17) is 66.2 Å². The summed E-state index contributed by atoms with van der Waals surface area (Å²) in [6, 6.07) is 46.8. The third-order valence-electron chi connectivity index (χ3n) is 17.3. The Hall–Kier alpha value is -16.4. The maximum atomic E-state index is 12.5. The van der Waals surface area contributed by atoms with Crippen LogP contribution in [0.5, 0.6) is 23.0 Å². The summed E-state index contributed by atoms with van der Waals surface area (Å²) in [5.41, 5.74) is 11.1. The van der Waals surface area contributed by atoms with E-state index in [1.165, 1.54) is 0 Å². The van der Waals surface area contributed by atoms with Gasteiger partial charge in [0.15, 0.2) is 22.6 Å². The zero-order valence-electron chi connectivity index (χ0n) is 65.5. The second kappa shape index (κ2) is 39.3. The summed E-state index contributed by atoms with van der Waals surface area (Å²) in [7, 11) is 6.41. The lowest BCUT2D eigenvalue weighted by molar-refractivity contribution is 0.0642. The van der Waals surface area contributed by atoms with Gasteiger partial charge in [0, 0.05) is 110 Å². The Morgan fingerprint density at radius 3 is 0.919 bits per heavy atom. The lowest BCUT2D eigenvalue weighted by atomic mass is 10.1. The largest absolute Gasteiger partial charge is 0.491 e. The Morgan fingerprint density at radius 2 is 0.642 bits per heavy atom. The number of methoxy groups -OCH3 is 4. The Labute approximate surface area is 693 Å². The third kappa shape index (κ3) is 20.8. The molecule has 0 aliphatic heterocycles. The maximum absolute atomic E-state index is 12.5. The molecule has 41 heteroatoms. The van der Waals surface area contributed by atoms with Crippen molar-refractivity contribution < 1.29 is 80.6 Å². The number of carbonyl (C=O) groups is 3. The molecule has 4 aromatic carbocycles. The van der Waals surface area contributed by atoms with Crippen LogP contribution in [0.2, 0.25) is 0 Å². The molecule has 2 amide bonds. The molecule has 18 rings (SSSR count). The SMILES string of the molecule is COCCOc1cc(-c2cn3ncccc3n2)cc(-c2noc(C(=O)Nc3ccccn3)n2)c1.COCCOc1cc(-c2cn3ncccc3n2)cc(-c2noc(C(=O)Nc3ccccn3)n2)c1.COCCOc1cc(-c2cn3ncccc3n2)cc(-c2noc(C(=O)O)n2)c1.COCCOc1cc(-c2cn3ncccc3n2)cc(-c2noc(CO)n2)c1. The quantitative estimate of drug-likeness (QED) is 0.0304. The molecule has 4 N–H and O–H groups in total. The number of hydrogen-bond donors (Lipinski definition) is 4. The number of nitrogens with one attached hydrogen (secondary N) is 2. The highest BCUT2D eigenvalue weighted by atomic mass is 16.5. The maximum Gasteiger partial charge on any atom is 0.394 e. The van der Waals surface area contributed by atoms with Crippen molar-refractivity contribution in [3.63, 3.8) is 0 Å². The van der Waals surface area contributed by atoms with Crippen LogP contribution < -0.4 is 29.6 Å². The van der Waals surface area contributed by atoms with E-state index >= 15 is 0 Å². The zero-order chi connectivity index (χ0) is 84.8. The number of aromatic carboxylic acids is 1. The van der Waals surface area contributed by atoms with E-state index in [1.54, 1.807) is 163 Å². The van der Waals surface area contributed by atoms with Gasteiger partial charge in [0.25, 0.3) is 5.89 Å². The van der Waals surface area contributed by atoms with E-state index in [1.807, 2.05) is 104 Å². The number of imidazole rings is 4. The summed E-state index contributed by atoms with van der Waals surface area (Å²) >= 11 is 0. The standard InChI is InChI=1S/2C23H19N7O4.C18H15N5O5.C18H17N5O4/c2*1-32-9-10-33-17-12-15(18-14-30-20(26-18)6-4-8-25-30)11-16(13-17)21-28-23(34-29-21)22(31)27-19-5-2-3-7-24-19;1-26-5-6-27-13-8-11(14-10-23-15(20-14)3-2-4-19-23)7-12(9-13)16-21-17(18(24)25)28-22-16;1-25-5-6-26-14-8-12(15-10-23-16(20-15)3-2-4-19-23)7-13(9-14)18-21-17(11-24)27-22-18/h2*2-8,11-14H,9-10H2,1H3,(H,24,27,31);2-4,7-10H,5-6H2,1H3,(H,24,25);2-4,7-10,24H,5-6,11H2,1H3. The van der Waals surface area contributed by atoms with Gasteiger partial charge in [-0.25, -0.2) is 52.8 Å². The number of rotatable bonds is 30. The van der Waals surface area contributed by atoms with Crippen LogP contribution in [-0.2, 0) is 25.6 Å². The van der Waals surface area contributed by atoms with E-state index in [9.17, 15) is 14.4 Å². The number of carboxylic acids is 1. The van der Waals surface area contributed by atoms with Crippen molar-refractivity contribution in [1.82, 2.24) is 109 Å². The van der Waals surface area contributed by atoms with Gasteiger partial charge in [0.2, 0.25) is 23.3 Å². The van der Waals surface area contributed by atoms with E-state index < -0.39 is 23.7 Å². The first-order valence-corrected chi connectivity index (χ1v) is 37.2. The van der Waals surface area contributed by atoms with Crippen LogP contribution in [0, 0.1) is 0 Å². The number of ether oxygens (including phenoxy) is 8. The predicted octanol–water partition coefficient (Wildman–Crippen LogP) is 10.4. The fraction of sp³-hybridized carbons (Fsp3) is 0.159. The van der Waals surface area contributed by atoms with E-state index in [0.717, 1.165) is 33.6 Å². The van der Waals surface area contributed by atoms with Crippen molar-refractivity contribution in [2.24, 2.45) is 0 Å². The molecule has 18 aromatic rings. The predicted molar refractivity (Wildman–Crippen MR) is 434 cm³/mol. The molecule has 0 radical (unpaired) electrons. The van der Waals surface area contributed by atoms with Crippen molar-refractivity contribution in [1.29, 1.82) is 0 Å².